The Balaban J connectivity index is 1.80. The second-order valence-corrected chi connectivity index (χ2v) is 8.74. The van der Waals surface area contributed by atoms with Gasteiger partial charge in [-0.3, -0.25) is 9.59 Å². The molecule has 0 bridgehead atoms. The summed E-state index contributed by atoms with van der Waals surface area (Å²) in [6.45, 7) is 2.36. The molecule has 8 heteroatoms. The third-order valence-corrected chi connectivity index (χ3v) is 6.39. The van der Waals surface area contributed by atoms with E-state index in [1.54, 1.807) is 17.0 Å². The molecule has 2 aliphatic rings. The van der Waals surface area contributed by atoms with Crippen LogP contribution in [0.4, 0.5) is 5.69 Å². The number of anilines is 1. The molecule has 0 saturated carbocycles. The minimum absolute atomic E-state index is 0.139. The maximum absolute atomic E-state index is 13.0. The number of hydrogen-bond acceptors (Lipinski definition) is 7. The van der Waals surface area contributed by atoms with Gasteiger partial charge < -0.3 is 24.5 Å². The van der Waals surface area contributed by atoms with E-state index in [9.17, 15) is 14.7 Å². The Hall–Kier alpha value is -2.84. The third kappa shape index (κ3) is 3.57. The number of Topliss-reactive ketones (excluding diaryl/α,β-unsaturated/α-hetero) is 1. The van der Waals surface area contributed by atoms with Crippen LogP contribution in [0.25, 0.3) is 5.76 Å². The summed E-state index contributed by atoms with van der Waals surface area (Å²) in [4.78, 5) is 32.2. The van der Waals surface area contributed by atoms with Crippen molar-refractivity contribution in [3.8, 4) is 5.75 Å². The van der Waals surface area contributed by atoms with Crippen molar-refractivity contribution < 1.29 is 19.4 Å². The van der Waals surface area contributed by atoms with Crippen LogP contribution in [0.2, 0.25) is 0 Å². The first-order chi connectivity index (χ1) is 14.4. The van der Waals surface area contributed by atoms with Gasteiger partial charge in [-0.1, -0.05) is 6.07 Å². The van der Waals surface area contributed by atoms with Crippen LogP contribution in [0.5, 0.6) is 5.75 Å². The van der Waals surface area contributed by atoms with E-state index in [1.165, 1.54) is 11.3 Å². The second kappa shape index (κ2) is 8.12. The van der Waals surface area contributed by atoms with Gasteiger partial charge >= 0.3 is 0 Å². The zero-order chi connectivity index (χ0) is 21.4. The summed E-state index contributed by atoms with van der Waals surface area (Å²) in [5.41, 5.74) is 1.48. The number of ether oxygens (including phenoxy) is 1. The average Bonchev–Trinajstić information content (AvgIpc) is 3.33. The Morgan fingerprint density at radius 1 is 1.30 bits per heavy atom. The molecule has 1 aromatic heterocycles. The lowest BCUT2D eigenvalue weighted by Gasteiger charge is -2.28. The Bertz CT molecular complexity index is 1000. The lowest BCUT2D eigenvalue weighted by atomic mass is 9.99. The van der Waals surface area contributed by atoms with Gasteiger partial charge in [0.25, 0.3) is 11.7 Å². The van der Waals surface area contributed by atoms with Crippen molar-refractivity contribution in [3.05, 3.63) is 51.7 Å². The van der Waals surface area contributed by atoms with Crippen molar-refractivity contribution in [1.29, 1.82) is 0 Å². The molecule has 0 radical (unpaired) electrons. The number of likely N-dealkylation sites (tertiary alicyclic amines) is 1. The largest absolute Gasteiger partial charge is 0.507 e. The Labute approximate surface area is 179 Å². The summed E-state index contributed by atoms with van der Waals surface area (Å²) in [7, 11) is 5.79. The number of aliphatic hydroxyl groups is 1. The Kier molecular flexibility index (Phi) is 5.53. The fourth-order valence-corrected chi connectivity index (χ4v) is 4.66. The molecule has 1 fully saturated rings. The topological polar surface area (TPSA) is 73.3 Å². The molecular formula is C22H25N3O4S. The highest BCUT2D eigenvalue weighted by Crippen LogP contribution is 2.42. The SMILES string of the molecule is CN(C)CCN1C(=O)C(=O)/C(=C(\O)c2ccc3c(c2)N(C)CCO3)C1c1cccs1. The van der Waals surface area contributed by atoms with E-state index in [0.29, 0.717) is 25.3 Å². The van der Waals surface area contributed by atoms with Crippen molar-refractivity contribution in [2.75, 3.05) is 52.3 Å². The zero-order valence-corrected chi connectivity index (χ0v) is 18.1. The number of benzene rings is 1. The molecule has 2 aliphatic heterocycles. The molecule has 0 spiro atoms. The number of carbonyl (C=O) groups is 2. The highest BCUT2D eigenvalue weighted by atomic mass is 32.1. The summed E-state index contributed by atoms with van der Waals surface area (Å²) in [6, 6.07) is 8.52. The Morgan fingerprint density at radius 3 is 2.80 bits per heavy atom. The minimum Gasteiger partial charge on any atom is -0.507 e. The Morgan fingerprint density at radius 2 is 2.10 bits per heavy atom. The molecule has 3 heterocycles. The van der Waals surface area contributed by atoms with Gasteiger partial charge in [-0.15, -0.1) is 11.3 Å². The van der Waals surface area contributed by atoms with Crippen LogP contribution in [0, 0.1) is 0 Å². The van der Waals surface area contributed by atoms with Crippen molar-refractivity contribution in [1.82, 2.24) is 9.80 Å². The monoisotopic (exact) mass is 427 g/mol. The van der Waals surface area contributed by atoms with Gasteiger partial charge in [0.15, 0.2) is 0 Å². The maximum Gasteiger partial charge on any atom is 0.295 e. The predicted molar refractivity (Wildman–Crippen MR) is 117 cm³/mol. The fourth-order valence-electron chi connectivity index (χ4n) is 3.81. The molecular weight excluding hydrogens is 402 g/mol. The molecule has 1 aromatic carbocycles. The first-order valence-electron chi connectivity index (χ1n) is 9.83. The molecule has 0 aliphatic carbocycles. The van der Waals surface area contributed by atoms with E-state index >= 15 is 0 Å². The van der Waals surface area contributed by atoms with Crippen LogP contribution in [0.3, 0.4) is 0 Å². The second-order valence-electron chi connectivity index (χ2n) is 7.76. The van der Waals surface area contributed by atoms with Gasteiger partial charge in [0, 0.05) is 30.6 Å². The number of carbonyl (C=O) groups excluding carboxylic acids is 2. The zero-order valence-electron chi connectivity index (χ0n) is 17.3. The molecule has 1 amide bonds. The number of likely N-dealkylation sites (N-methyl/N-ethyl adjacent to an activating group) is 2. The summed E-state index contributed by atoms with van der Waals surface area (Å²) < 4.78 is 5.67. The van der Waals surface area contributed by atoms with Crippen LogP contribution in [-0.4, -0.2) is 74.0 Å². The molecule has 30 heavy (non-hydrogen) atoms. The highest BCUT2D eigenvalue weighted by Gasteiger charge is 2.46. The summed E-state index contributed by atoms with van der Waals surface area (Å²) in [6.07, 6.45) is 0. The first-order valence-corrected chi connectivity index (χ1v) is 10.7. The number of rotatable bonds is 5. The number of ketones is 1. The van der Waals surface area contributed by atoms with Crippen LogP contribution in [0.1, 0.15) is 16.5 Å². The number of fused-ring (bicyclic) bond motifs is 1. The van der Waals surface area contributed by atoms with E-state index in [-0.39, 0.29) is 11.3 Å². The van der Waals surface area contributed by atoms with E-state index in [0.717, 1.165) is 22.9 Å². The van der Waals surface area contributed by atoms with Gasteiger partial charge in [0.1, 0.15) is 18.1 Å². The van der Waals surface area contributed by atoms with Gasteiger partial charge in [-0.25, -0.2) is 0 Å². The quantitative estimate of drug-likeness (QED) is 0.449. The van der Waals surface area contributed by atoms with Gasteiger partial charge in [0.05, 0.1) is 23.8 Å². The van der Waals surface area contributed by atoms with Crippen LogP contribution >= 0.6 is 11.3 Å². The summed E-state index contributed by atoms with van der Waals surface area (Å²) >= 11 is 1.47. The van der Waals surface area contributed by atoms with E-state index in [4.69, 9.17) is 4.74 Å². The lowest BCUT2D eigenvalue weighted by molar-refractivity contribution is -0.140. The van der Waals surface area contributed by atoms with Crippen molar-refractivity contribution in [3.63, 3.8) is 0 Å². The predicted octanol–water partition coefficient (Wildman–Crippen LogP) is 2.56. The number of hydrogen-bond donors (Lipinski definition) is 1. The highest BCUT2D eigenvalue weighted by molar-refractivity contribution is 7.10. The van der Waals surface area contributed by atoms with E-state index < -0.39 is 17.7 Å². The van der Waals surface area contributed by atoms with Gasteiger partial charge in [0.2, 0.25) is 0 Å². The van der Waals surface area contributed by atoms with Crippen LogP contribution < -0.4 is 9.64 Å². The molecule has 1 atom stereocenters. The van der Waals surface area contributed by atoms with Gasteiger partial charge in [-0.05, 0) is 43.7 Å². The third-order valence-electron chi connectivity index (χ3n) is 5.47. The van der Waals surface area contributed by atoms with E-state index in [2.05, 4.69) is 0 Å². The summed E-state index contributed by atoms with van der Waals surface area (Å²) in [5, 5.41) is 13.1. The molecule has 7 nitrogen and oxygen atoms in total. The van der Waals surface area contributed by atoms with E-state index in [1.807, 2.05) is 54.5 Å². The molecule has 1 N–H and O–H groups in total. The number of amides is 1. The smallest absolute Gasteiger partial charge is 0.295 e. The molecule has 1 saturated heterocycles. The summed E-state index contributed by atoms with van der Waals surface area (Å²) in [5.74, 6) is -0.635. The number of aliphatic hydroxyl groups excluding tert-OH is 1. The molecule has 4 rings (SSSR count). The van der Waals surface area contributed by atoms with Crippen molar-refractivity contribution >= 4 is 34.5 Å². The lowest BCUT2D eigenvalue weighted by Crippen LogP contribution is -2.35. The normalized spacial score (nSPS) is 20.6. The van der Waals surface area contributed by atoms with Gasteiger partial charge in [-0.2, -0.15) is 0 Å². The van der Waals surface area contributed by atoms with Crippen LogP contribution in [-0.2, 0) is 9.59 Å². The first kappa shape index (κ1) is 20.4. The average molecular weight is 428 g/mol. The van der Waals surface area contributed by atoms with Crippen LogP contribution in [0.15, 0.2) is 41.3 Å². The standard InChI is InChI=1S/C22H25N3O4S/c1-23(2)8-9-25-19(17-5-4-12-30-17)18(21(27)22(25)28)20(26)14-6-7-16-15(13-14)24(3)10-11-29-16/h4-7,12-13,19,26H,8-11H2,1-3H3/b20-18-. The van der Waals surface area contributed by atoms with Crippen molar-refractivity contribution in [2.24, 2.45) is 0 Å². The number of nitrogens with zero attached hydrogens (tertiary/aromatic N) is 3. The fraction of sp³-hybridized carbons (Fsp3) is 0.364. The molecule has 158 valence electrons. The maximum atomic E-state index is 13.0. The van der Waals surface area contributed by atoms with Crippen molar-refractivity contribution in [2.45, 2.75) is 6.04 Å². The molecule has 2 aromatic rings. The minimum atomic E-state index is -0.646. The number of thiophene rings is 1. The molecule has 1 unspecified atom stereocenters.